The zero-order chi connectivity index (χ0) is 12.8. The lowest BCUT2D eigenvalue weighted by Gasteiger charge is -2.34. The summed E-state index contributed by atoms with van der Waals surface area (Å²) in [6.45, 7) is 1.73. The predicted octanol–water partition coefficient (Wildman–Crippen LogP) is 0.481. The number of hydrogen-bond donors (Lipinski definition) is 1. The van der Waals surface area contributed by atoms with Crippen LogP contribution in [-0.2, 0) is 9.53 Å². The third-order valence-electron chi connectivity index (χ3n) is 2.89. The Hall–Kier alpha value is -1.30. The third kappa shape index (κ3) is 4.22. The summed E-state index contributed by atoms with van der Waals surface area (Å²) in [4.78, 5) is 25.4. The van der Waals surface area contributed by atoms with Gasteiger partial charge in [0.1, 0.15) is 6.54 Å². The highest BCUT2D eigenvalue weighted by Gasteiger charge is 2.26. The van der Waals surface area contributed by atoms with E-state index in [0.717, 1.165) is 12.8 Å². The number of amides is 2. The van der Waals surface area contributed by atoms with Crippen molar-refractivity contribution in [3.05, 3.63) is 0 Å². The van der Waals surface area contributed by atoms with Gasteiger partial charge < -0.3 is 19.6 Å². The van der Waals surface area contributed by atoms with Crippen LogP contribution in [0.2, 0.25) is 0 Å². The largest absolute Gasteiger partial charge is 0.480 e. The van der Waals surface area contributed by atoms with Crippen LogP contribution in [0, 0.1) is 5.92 Å². The molecular formula is C11H20N2O4. The van der Waals surface area contributed by atoms with E-state index in [4.69, 9.17) is 9.84 Å². The maximum atomic E-state index is 11.9. The van der Waals surface area contributed by atoms with Crippen molar-refractivity contribution in [2.45, 2.75) is 12.8 Å². The molecule has 0 saturated carbocycles. The lowest BCUT2D eigenvalue weighted by molar-refractivity contribution is -0.137. The van der Waals surface area contributed by atoms with Gasteiger partial charge in [0.15, 0.2) is 0 Å². The SMILES string of the molecule is COCC1CCCN(C(=O)N(C)CC(=O)O)C1. The molecule has 1 aliphatic rings. The highest BCUT2D eigenvalue weighted by atomic mass is 16.5. The van der Waals surface area contributed by atoms with Gasteiger partial charge >= 0.3 is 12.0 Å². The maximum absolute atomic E-state index is 11.9. The molecule has 1 atom stereocenters. The molecule has 0 radical (unpaired) electrons. The number of hydrogen-bond acceptors (Lipinski definition) is 3. The van der Waals surface area contributed by atoms with Crippen LogP contribution in [0.25, 0.3) is 0 Å². The fraction of sp³-hybridized carbons (Fsp3) is 0.818. The monoisotopic (exact) mass is 244 g/mol. The molecule has 6 nitrogen and oxygen atoms in total. The second kappa shape index (κ2) is 6.44. The first-order valence-corrected chi connectivity index (χ1v) is 5.75. The Morgan fingerprint density at radius 2 is 2.24 bits per heavy atom. The van der Waals surface area contributed by atoms with Crippen LogP contribution >= 0.6 is 0 Å². The van der Waals surface area contributed by atoms with Gasteiger partial charge in [-0.3, -0.25) is 4.79 Å². The highest BCUT2D eigenvalue weighted by molar-refractivity contribution is 5.79. The van der Waals surface area contributed by atoms with Gasteiger partial charge in [0, 0.05) is 33.2 Å². The molecule has 17 heavy (non-hydrogen) atoms. The summed E-state index contributed by atoms with van der Waals surface area (Å²) in [6.07, 6.45) is 2.00. The van der Waals surface area contributed by atoms with Gasteiger partial charge in [0.2, 0.25) is 0 Å². The first kappa shape index (κ1) is 13.8. The molecule has 0 aromatic heterocycles. The number of carbonyl (C=O) groups excluding carboxylic acids is 1. The van der Waals surface area contributed by atoms with Gasteiger partial charge in [0.25, 0.3) is 0 Å². The number of carbonyl (C=O) groups is 2. The van der Waals surface area contributed by atoms with Crippen LogP contribution in [-0.4, -0.2) is 67.3 Å². The molecule has 0 bridgehead atoms. The van der Waals surface area contributed by atoms with E-state index in [-0.39, 0.29) is 12.6 Å². The summed E-state index contributed by atoms with van der Waals surface area (Å²) in [6, 6.07) is -0.215. The van der Waals surface area contributed by atoms with Crippen LogP contribution in [0.15, 0.2) is 0 Å². The first-order valence-electron chi connectivity index (χ1n) is 5.75. The number of carboxylic acid groups (broad SMARTS) is 1. The van der Waals surface area contributed by atoms with Crippen LogP contribution in [0.5, 0.6) is 0 Å². The van der Waals surface area contributed by atoms with Gasteiger partial charge in [-0.1, -0.05) is 0 Å². The van der Waals surface area contributed by atoms with Crippen molar-refractivity contribution in [1.82, 2.24) is 9.80 Å². The van der Waals surface area contributed by atoms with Crippen LogP contribution in [0.1, 0.15) is 12.8 Å². The molecule has 1 N–H and O–H groups in total. The summed E-state index contributed by atoms with van der Waals surface area (Å²) < 4.78 is 5.09. The number of urea groups is 1. The molecule has 6 heteroatoms. The van der Waals surface area contributed by atoms with Gasteiger partial charge in [0.05, 0.1) is 6.61 Å². The minimum atomic E-state index is -0.994. The first-order chi connectivity index (χ1) is 8.04. The van der Waals surface area contributed by atoms with Gasteiger partial charge in [-0.15, -0.1) is 0 Å². The van der Waals surface area contributed by atoms with E-state index in [1.54, 1.807) is 12.0 Å². The number of piperidine rings is 1. The van der Waals surface area contributed by atoms with Crippen molar-refractivity contribution in [3.63, 3.8) is 0 Å². The Morgan fingerprint density at radius 1 is 1.53 bits per heavy atom. The molecule has 0 aliphatic carbocycles. The van der Waals surface area contributed by atoms with E-state index in [1.165, 1.54) is 11.9 Å². The van der Waals surface area contributed by atoms with Crippen molar-refractivity contribution < 1.29 is 19.4 Å². The lowest BCUT2D eigenvalue weighted by atomic mass is 9.99. The average Bonchev–Trinajstić information content (AvgIpc) is 2.28. The smallest absolute Gasteiger partial charge is 0.323 e. The second-order valence-corrected chi connectivity index (χ2v) is 4.44. The average molecular weight is 244 g/mol. The summed E-state index contributed by atoms with van der Waals surface area (Å²) in [5.74, 6) is -0.637. The molecule has 1 aliphatic heterocycles. The molecule has 1 saturated heterocycles. The quantitative estimate of drug-likeness (QED) is 0.781. The highest BCUT2D eigenvalue weighted by Crippen LogP contribution is 2.17. The minimum Gasteiger partial charge on any atom is -0.480 e. The van der Waals surface area contributed by atoms with Crippen molar-refractivity contribution in [2.24, 2.45) is 5.92 Å². The van der Waals surface area contributed by atoms with E-state index < -0.39 is 5.97 Å². The topological polar surface area (TPSA) is 70.1 Å². The number of aliphatic carboxylic acids is 1. The van der Waals surface area contributed by atoms with Gasteiger partial charge in [-0.2, -0.15) is 0 Å². The lowest BCUT2D eigenvalue weighted by Crippen LogP contribution is -2.48. The molecule has 1 rings (SSSR count). The maximum Gasteiger partial charge on any atom is 0.323 e. The number of rotatable bonds is 4. The number of likely N-dealkylation sites (tertiary alicyclic amines) is 1. The molecule has 1 heterocycles. The molecule has 1 unspecified atom stereocenters. The van der Waals surface area contributed by atoms with E-state index in [0.29, 0.717) is 25.6 Å². The normalized spacial score (nSPS) is 20.1. The van der Waals surface area contributed by atoms with E-state index >= 15 is 0 Å². The summed E-state index contributed by atoms with van der Waals surface area (Å²) >= 11 is 0. The summed E-state index contributed by atoms with van der Waals surface area (Å²) in [7, 11) is 3.16. The van der Waals surface area contributed by atoms with E-state index in [9.17, 15) is 9.59 Å². The fourth-order valence-electron chi connectivity index (χ4n) is 2.12. The molecule has 98 valence electrons. The number of nitrogens with zero attached hydrogens (tertiary/aromatic N) is 2. The number of methoxy groups -OCH3 is 1. The van der Waals surface area contributed by atoms with Crippen molar-refractivity contribution in [1.29, 1.82) is 0 Å². The van der Waals surface area contributed by atoms with Crippen molar-refractivity contribution in [2.75, 3.05) is 40.4 Å². The molecule has 1 fully saturated rings. The Labute approximate surface area is 101 Å². The molecule has 0 spiro atoms. The predicted molar refractivity (Wildman–Crippen MR) is 61.8 cm³/mol. The zero-order valence-corrected chi connectivity index (χ0v) is 10.4. The summed E-state index contributed by atoms with van der Waals surface area (Å²) in [5, 5.41) is 8.63. The van der Waals surface area contributed by atoms with E-state index in [1.807, 2.05) is 0 Å². The number of carboxylic acids is 1. The minimum absolute atomic E-state index is 0.215. The molecular weight excluding hydrogens is 224 g/mol. The van der Waals surface area contributed by atoms with Crippen LogP contribution in [0.3, 0.4) is 0 Å². The van der Waals surface area contributed by atoms with Gasteiger partial charge in [-0.05, 0) is 12.8 Å². The Kier molecular flexibility index (Phi) is 5.21. The van der Waals surface area contributed by atoms with Crippen molar-refractivity contribution in [3.8, 4) is 0 Å². The summed E-state index contributed by atoms with van der Waals surface area (Å²) in [5.41, 5.74) is 0. The van der Waals surface area contributed by atoms with Crippen LogP contribution < -0.4 is 0 Å². The zero-order valence-electron chi connectivity index (χ0n) is 10.4. The fourth-order valence-corrected chi connectivity index (χ4v) is 2.12. The van der Waals surface area contributed by atoms with E-state index in [2.05, 4.69) is 0 Å². The third-order valence-corrected chi connectivity index (χ3v) is 2.89. The Morgan fingerprint density at radius 3 is 2.82 bits per heavy atom. The number of likely N-dealkylation sites (N-methyl/N-ethyl adjacent to an activating group) is 1. The molecule has 0 aromatic rings. The molecule has 0 aromatic carbocycles. The Balaban J connectivity index is 2.48. The molecule has 2 amide bonds. The van der Waals surface area contributed by atoms with Gasteiger partial charge in [-0.25, -0.2) is 4.79 Å². The van der Waals surface area contributed by atoms with Crippen molar-refractivity contribution >= 4 is 12.0 Å². The number of ether oxygens (including phenoxy) is 1. The Bertz CT molecular complexity index is 281. The second-order valence-electron chi connectivity index (χ2n) is 4.44. The van der Waals surface area contributed by atoms with Crippen LogP contribution in [0.4, 0.5) is 4.79 Å². The standard InChI is InChI=1S/C11H20N2O4/c1-12(7-10(14)15)11(16)13-5-3-4-9(6-13)8-17-2/h9H,3-8H2,1-2H3,(H,14,15).